The first-order valence-corrected chi connectivity index (χ1v) is 9.89. The van der Waals surface area contributed by atoms with Gasteiger partial charge in [-0.05, 0) is 91.9 Å². The monoisotopic (exact) mass is 494 g/mol. The largest absolute Gasteiger partial charge is 0.321 e. The molecule has 0 aromatic heterocycles. The molecule has 3 amide bonds. The van der Waals surface area contributed by atoms with Gasteiger partial charge in [-0.15, -0.1) is 0 Å². The molecule has 146 valence electrons. The number of hydrogen-bond acceptors (Lipinski definition) is 3. The van der Waals surface area contributed by atoms with Crippen molar-refractivity contribution < 1.29 is 18.8 Å². The number of halogens is 2. The lowest BCUT2D eigenvalue weighted by atomic mass is 9.99. The Balaban J connectivity index is 1.96. The molecule has 0 bridgehead atoms. The van der Waals surface area contributed by atoms with Crippen molar-refractivity contribution in [3.63, 3.8) is 0 Å². The molecule has 1 aliphatic rings. The third-order valence-electron chi connectivity index (χ3n) is 4.55. The van der Waals surface area contributed by atoms with Crippen LogP contribution in [0.4, 0.5) is 10.1 Å². The van der Waals surface area contributed by atoms with Crippen LogP contribution >= 0.6 is 22.6 Å². The third kappa shape index (κ3) is 3.94. The van der Waals surface area contributed by atoms with Gasteiger partial charge in [-0.1, -0.05) is 0 Å². The maximum absolute atomic E-state index is 13.2. The molecule has 1 atom stereocenters. The van der Waals surface area contributed by atoms with Crippen LogP contribution in [0.25, 0.3) is 0 Å². The molecule has 1 fully saturated rings. The van der Waals surface area contributed by atoms with Crippen molar-refractivity contribution in [1.82, 2.24) is 4.90 Å². The van der Waals surface area contributed by atoms with Crippen LogP contribution in [0.15, 0.2) is 48.5 Å². The highest BCUT2D eigenvalue weighted by Gasteiger charge is 2.47. The van der Waals surface area contributed by atoms with Crippen molar-refractivity contribution in [3.05, 3.63) is 63.5 Å². The molecule has 1 heterocycles. The molecule has 28 heavy (non-hydrogen) atoms. The normalized spacial score (nSPS) is 17.2. The second kappa shape index (κ2) is 7.62. The predicted octanol–water partition coefficient (Wildman–Crippen LogP) is 4.00. The lowest BCUT2D eigenvalue weighted by molar-refractivity contribution is -0.123. The fourth-order valence-electron chi connectivity index (χ4n) is 3.32. The zero-order chi connectivity index (χ0) is 20.6. The first kappa shape index (κ1) is 20.4. The summed E-state index contributed by atoms with van der Waals surface area (Å²) >= 11 is 2.14. The Bertz CT molecular complexity index is 920. The van der Waals surface area contributed by atoms with Crippen LogP contribution in [0.2, 0.25) is 0 Å². The molecule has 1 unspecified atom stereocenters. The Morgan fingerprint density at radius 1 is 1.07 bits per heavy atom. The smallest absolute Gasteiger partial charge is 0.257 e. The molecular weight excluding hydrogens is 474 g/mol. The number of carbonyl (C=O) groups excluding carboxylic acids is 3. The van der Waals surface area contributed by atoms with Gasteiger partial charge >= 0.3 is 0 Å². The Morgan fingerprint density at radius 2 is 1.64 bits per heavy atom. The van der Waals surface area contributed by atoms with Crippen LogP contribution in [0.5, 0.6) is 0 Å². The highest BCUT2D eigenvalue weighted by Crippen LogP contribution is 2.31. The van der Waals surface area contributed by atoms with E-state index >= 15 is 0 Å². The summed E-state index contributed by atoms with van der Waals surface area (Å²) in [5.74, 6) is -1.65. The number of rotatable bonds is 3. The second-order valence-electron chi connectivity index (χ2n) is 7.62. The van der Waals surface area contributed by atoms with Gasteiger partial charge in [-0.2, -0.15) is 0 Å². The van der Waals surface area contributed by atoms with Gasteiger partial charge in [0.1, 0.15) is 11.9 Å². The van der Waals surface area contributed by atoms with Crippen molar-refractivity contribution >= 4 is 46.0 Å². The van der Waals surface area contributed by atoms with Gasteiger partial charge in [0.2, 0.25) is 5.91 Å². The quantitative estimate of drug-likeness (QED) is 0.479. The zero-order valence-electron chi connectivity index (χ0n) is 15.8. The predicted molar refractivity (Wildman–Crippen MR) is 112 cm³/mol. The molecule has 0 radical (unpaired) electrons. The van der Waals surface area contributed by atoms with E-state index in [1.165, 1.54) is 29.2 Å². The van der Waals surface area contributed by atoms with E-state index in [2.05, 4.69) is 22.6 Å². The molecule has 7 heteroatoms. The van der Waals surface area contributed by atoms with Crippen LogP contribution in [-0.2, 0) is 9.59 Å². The maximum atomic E-state index is 13.2. The van der Waals surface area contributed by atoms with Gasteiger partial charge in [-0.25, -0.2) is 9.29 Å². The Hall–Kier alpha value is -2.29. The summed E-state index contributed by atoms with van der Waals surface area (Å²) < 4.78 is 14.2. The van der Waals surface area contributed by atoms with E-state index in [4.69, 9.17) is 0 Å². The molecule has 2 aromatic carbocycles. The van der Waals surface area contributed by atoms with Crippen LogP contribution in [0.1, 0.15) is 37.6 Å². The molecule has 0 aliphatic carbocycles. The van der Waals surface area contributed by atoms with Gasteiger partial charge < -0.3 is 4.90 Å². The highest BCUT2D eigenvalue weighted by atomic mass is 127. The molecule has 1 saturated heterocycles. The fraction of sp³-hybridized carbons (Fsp3) is 0.286. The van der Waals surface area contributed by atoms with Gasteiger partial charge in [-0.3, -0.25) is 14.4 Å². The molecule has 0 saturated carbocycles. The molecule has 2 aromatic rings. The second-order valence-corrected chi connectivity index (χ2v) is 8.86. The van der Waals surface area contributed by atoms with Gasteiger partial charge in [0.25, 0.3) is 11.8 Å². The molecule has 3 rings (SSSR count). The average molecular weight is 494 g/mol. The minimum Gasteiger partial charge on any atom is -0.321 e. The number of carbonyl (C=O) groups is 3. The molecule has 5 nitrogen and oxygen atoms in total. The number of amides is 3. The van der Waals surface area contributed by atoms with Crippen LogP contribution in [0.3, 0.4) is 0 Å². The molecule has 0 N–H and O–H groups in total. The summed E-state index contributed by atoms with van der Waals surface area (Å²) in [5.41, 5.74) is 0.0408. The van der Waals surface area contributed by atoms with Crippen LogP contribution in [0, 0.1) is 9.39 Å². The van der Waals surface area contributed by atoms with E-state index in [-0.39, 0.29) is 17.9 Å². The number of hydrogen-bond donors (Lipinski definition) is 0. The first-order valence-electron chi connectivity index (χ1n) is 8.81. The number of imide groups is 1. The van der Waals surface area contributed by atoms with Crippen molar-refractivity contribution in [1.29, 1.82) is 0 Å². The lowest BCUT2D eigenvalue weighted by Gasteiger charge is -2.39. The zero-order valence-corrected chi connectivity index (χ0v) is 17.9. The van der Waals surface area contributed by atoms with E-state index in [9.17, 15) is 18.8 Å². The van der Waals surface area contributed by atoms with Gasteiger partial charge in [0, 0.05) is 14.7 Å². The van der Waals surface area contributed by atoms with Crippen molar-refractivity contribution in [3.8, 4) is 0 Å². The topological polar surface area (TPSA) is 57.7 Å². The first-order chi connectivity index (χ1) is 13.1. The summed E-state index contributed by atoms with van der Waals surface area (Å²) in [6.07, 6.45) is -0.0883. The van der Waals surface area contributed by atoms with E-state index in [0.29, 0.717) is 5.69 Å². The Labute approximate surface area is 176 Å². The maximum Gasteiger partial charge on any atom is 0.257 e. The average Bonchev–Trinajstić information content (AvgIpc) is 2.89. The molecule has 1 aliphatic heterocycles. The van der Waals surface area contributed by atoms with Crippen LogP contribution < -0.4 is 4.90 Å². The summed E-state index contributed by atoms with van der Waals surface area (Å²) in [4.78, 5) is 41.5. The van der Waals surface area contributed by atoms with Gasteiger partial charge in [0.15, 0.2) is 0 Å². The highest BCUT2D eigenvalue weighted by molar-refractivity contribution is 14.1. The summed E-state index contributed by atoms with van der Waals surface area (Å²) in [7, 11) is 0. The number of anilines is 1. The van der Waals surface area contributed by atoms with Crippen molar-refractivity contribution in [2.45, 2.75) is 38.8 Å². The fourth-order valence-corrected chi connectivity index (χ4v) is 3.68. The lowest BCUT2D eigenvalue weighted by Crippen LogP contribution is -2.54. The summed E-state index contributed by atoms with van der Waals surface area (Å²) in [6.45, 7) is 5.42. The minimum atomic E-state index is -0.913. The van der Waals surface area contributed by atoms with Gasteiger partial charge in [0.05, 0.1) is 12.1 Å². The Morgan fingerprint density at radius 3 is 2.18 bits per heavy atom. The standard InChI is InChI=1S/C21H20FIN2O3/c1-21(2,3)25(19(27)13-4-6-14(22)7-5-13)17-12-18(26)24(20(17)28)16-10-8-15(23)9-11-16/h4-11,17H,12H2,1-3H3. The van der Waals surface area contributed by atoms with E-state index in [1.54, 1.807) is 32.9 Å². The van der Waals surface area contributed by atoms with Crippen LogP contribution in [-0.4, -0.2) is 34.2 Å². The van der Waals surface area contributed by atoms with Crippen molar-refractivity contribution in [2.24, 2.45) is 0 Å². The SMILES string of the molecule is CC(C)(C)N(C(=O)c1ccc(F)cc1)C1CC(=O)N(c2ccc(I)cc2)C1=O. The summed E-state index contributed by atoms with van der Waals surface area (Å²) in [6, 6.07) is 11.3. The van der Waals surface area contributed by atoms with E-state index < -0.39 is 29.2 Å². The number of nitrogens with zero attached hydrogens (tertiary/aromatic N) is 2. The summed E-state index contributed by atoms with van der Waals surface area (Å²) in [5, 5.41) is 0. The van der Waals surface area contributed by atoms with E-state index in [1.807, 2.05) is 12.1 Å². The molecular formula is C21H20FIN2O3. The Kier molecular flexibility index (Phi) is 5.56. The van der Waals surface area contributed by atoms with E-state index in [0.717, 1.165) is 8.47 Å². The minimum absolute atomic E-state index is 0.0883. The number of benzene rings is 2. The van der Waals surface area contributed by atoms with Crippen molar-refractivity contribution in [2.75, 3.05) is 4.90 Å². The molecule has 0 spiro atoms. The third-order valence-corrected chi connectivity index (χ3v) is 5.27.